The summed E-state index contributed by atoms with van der Waals surface area (Å²) in [6, 6.07) is 30.6. The number of hydrogen-bond donors (Lipinski definition) is 0. The molecule has 0 radical (unpaired) electrons. The number of allylic oxidation sites excluding steroid dienone is 4. The maximum Gasteiger partial charge on any atom is 0.169 e. The number of pyridine rings is 2. The van der Waals surface area contributed by atoms with Gasteiger partial charge in [-0.2, -0.15) is 0 Å². The van der Waals surface area contributed by atoms with Gasteiger partial charge in [-0.25, -0.2) is 9.13 Å². The first-order valence-electron chi connectivity index (χ1n) is 10.7. The Morgan fingerprint density at radius 1 is 0.452 bits per heavy atom. The van der Waals surface area contributed by atoms with Gasteiger partial charge < -0.3 is 0 Å². The topological polar surface area (TPSA) is 7.76 Å². The van der Waals surface area contributed by atoms with Crippen LogP contribution >= 0.6 is 0 Å². The summed E-state index contributed by atoms with van der Waals surface area (Å²) in [6.45, 7) is 0. The second-order valence-electron chi connectivity index (χ2n) is 8.12. The van der Waals surface area contributed by atoms with Gasteiger partial charge in [-0.1, -0.05) is 60.7 Å². The molecule has 1 aliphatic rings. The van der Waals surface area contributed by atoms with Crippen molar-refractivity contribution in [1.82, 2.24) is 0 Å². The van der Waals surface area contributed by atoms with Crippen molar-refractivity contribution in [3.63, 3.8) is 0 Å². The fourth-order valence-corrected chi connectivity index (χ4v) is 4.40. The van der Waals surface area contributed by atoms with Gasteiger partial charge in [-0.05, 0) is 51.0 Å². The van der Waals surface area contributed by atoms with Crippen molar-refractivity contribution in [2.24, 2.45) is 14.1 Å². The molecule has 0 unspecified atom stereocenters. The Balaban J connectivity index is 1.79. The van der Waals surface area contributed by atoms with Crippen molar-refractivity contribution in [1.29, 1.82) is 0 Å². The van der Waals surface area contributed by atoms with E-state index in [1.807, 2.05) is 0 Å². The van der Waals surface area contributed by atoms with Crippen LogP contribution in [0.25, 0.3) is 22.3 Å². The summed E-state index contributed by atoms with van der Waals surface area (Å²) in [6.07, 6.45) is 9.44. The van der Waals surface area contributed by atoms with Crippen molar-refractivity contribution in [3.05, 3.63) is 132 Å². The van der Waals surface area contributed by atoms with E-state index < -0.39 is 0 Å². The summed E-state index contributed by atoms with van der Waals surface area (Å²) < 4.78 is 4.18. The molecule has 5 rings (SSSR count). The zero-order valence-electron chi connectivity index (χ0n) is 18.0. The summed E-state index contributed by atoms with van der Waals surface area (Å²) in [5.74, 6) is 0. The zero-order valence-corrected chi connectivity index (χ0v) is 18.0. The third-order valence-corrected chi connectivity index (χ3v) is 5.99. The van der Waals surface area contributed by atoms with Crippen LogP contribution in [-0.4, -0.2) is 0 Å². The first-order chi connectivity index (χ1) is 15.2. The Morgan fingerprint density at radius 2 is 0.806 bits per heavy atom. The fraction of sp³-hybridized carbons (Fsp3) is 0.103. The molecular formula is C29H26N2+2. The number of aromatic nitrogens is 2. The molecule has 0 amide bonds. The highest BCUT2D eigenvalue weighted by Gasteiger charge is 2.28. The second-order valence-corrected chi connectivity index (χ2v) is 8.12. The van der Waals surface area contributed by atoms with Gasteiger partial charge >= 0.3 is 0 Å². The fourth-order valence-electron chi connectivity index (χ4n) is 4.40. The van der Waals surface area contributed by atoms with Gasteiger partial charge in [0.05, 0.1) is 0 Å². The number of nitrogens with zero attached hydrogens (tertiary/aromatic N) is 2. The minimum atomic E-state index is 0.913. The lowest BCUT2D eigenvalue weighted by Gasteiger charge is -2.14. The molecule has 2 aromatic heterocycles. The summed E-state index contributed by atoms with van der Waals surface area (Å²) in [5.41, 5.74) is 10.5. The third-order valence-electron chi connectivity index (χ3n) is 5.99. The lowest BCUT2D eigenvalue weighted by atomic mass is 9.89. The van der Waals surface area contributed by atoms with Crippen LogP contribution in [0.5, 0.6) is 0 Å². The molecule has 0 saturated heterocycles. The van der Waals surface area contributed by atoms with Crippen LogP contribution in [-0.2, 0) is 14.1 Å². The van der Waals surface area contributed by atoms with E-state index in [1.54, 1.807) is 0 Å². The van der Waals surface area contributed by atoms with Crippen LogP contribution in [0, 0.1) is 0 Å². The van der Waals surface area contributed by atoms with E-state index in [9.17, 15) is 0 Å². The summed E-state index contributed by atoms with van der Waals surface area (Å²) >= 11 is 0. The maximum absolute atomic E-state index is 2.23. The van der Waals surface area contributed by atoms with Crippen molar-refractivity contribution in [2.75, 3.05) is 0 Å². The predicted octanol–water partition coefficient (Wildman–Crippen LogP) is 5.26. The molecule has 0 aliphatic heterocycles. The van der Waals surface area contributed by atoms with Gasteiger partial charge in [0.2, 0.25) is 0 Å². The summed E-state index contributed by atoms with van der Waals surface area (Å²) in [4.78, 5) is 0. The monoisotopic (exact) mass is 402 g/mol. The van der Waals surface area contributed by atoms with Crippen LogP contribution in [0.3, 0.4) is 0 Å². The van der Waals surface area contributed by atoms with E-state index in [-0.39, 0.29) is 0 Å². The standard InChI is InChI=1S/C29H26N2/c1-30-17-13-22(14-18-30)26-21-27(23-15-19-31(2)20-16-23)29(25-11-7-4-8-12-25)28(26)24-9-5-3-6-10-24/h3-20H,21H2,1-2H3/q+2. The second kappa shape index (κ2) is 8.16. The highest BCUT2D eigenvalue weighted by atomic mass is 14.9. The molecule has 0 spiro atoms. The SMILES string of the molecule is C[n+]1ccc(C2=C(c3ccccc3)C(c3ccccc3)=C(c3cc[n+](C)cc3)C2)cc1. The van der Waals surface area contributed by atoms with E-state index in [0.29, 0.717) is 0 Å². The Bertz CT molecular complexity index is 1160. The van der Waals surface area contributed by atoms with Gasteiger partial charge in [0.25, 0.3) is 0 Å². The van der Waals surface area contributed by atoms with Gasteiger partial charge in [0.15, 0.2) is 24.8 Å². The average molecular weight is 403 g/mol. The zero-order chi connectivity index (χ0) is 21.2. The van der Waals surface area contributed by atoms with Crippen LogP contribution in [0.2, 0.25) is 0 Å². The molecule has 150 valence electrons. The predicted molar refractivity (Wildman–Crippen MR) is 126 cm³/mol. The lowest BCUT2D eigenvalue weighted by Crippen LogP contribution is -2.26. The lowest BCUT2D eigenvalue weighted by molar-refractivity contribution is -0.671. The van der Waals surface area contributed by atoms with Gasteiger partial charge in [-0.3, -0.25) is 0 Å². The van der Waals surface area contributed by atoms with E-state index >= 15 is 0 Å². The molecular weight excluding hydrogens is 376 g/mol. The highest BCUT2D eigenvalue weighted by Crippen LogP contribution is 2.51. The number of rotatable bonds is 4. The van der Waals surface area contributed by atoms with Crippen LogP contribution < -0.4 is 9.13 Å². The normalized spacial score (nSPS) is 13.7. The van der Waals surface area contributed by atoms with E-state index in [1.165, 1.54) is 44.5 Å². The molecule has 2 heterocycles. The maximum atomic E-state index is 2.23. The Kier molecular flexibility index (Phi) is 5.05. The van der Waals surface area contributed by atoms with Crippen LogP contribution in [0.15, 0.2) is 110 Å². The molecule has 4 aromatic rings. The highest BCUT2D eigenvalue weighted by molar-refractivity contribution is 6.27. The molecule has 2 nitrogen and oxygen atoms in total. The summed E-state index contributed by atoms with van der Waals surface area (Å²) in [7, 11) is 4.13. The van der Waals surface area contributed by atoms with Gasteiger partial charge in [0, 0.05) is 24.3 Å². The number of aryl methyl sites for hydroxylation is 2. The van der Waals surface area contributed by atoms with Crippen LogP contribution in [0.1, 0.15) is 28.7 Å². The quantitative estimate of drug-likeness (QED) is 0.411. The smallest absolute Gasteiger partial charge is 0.169 e. The number of benzene rings is 2. The molecule has 2 heteroatoms. The molecule has 0 atom stereocenters. The molecule has 31 heavy (non-hydrogen) atoms. The van der Waals surface area contributed by atoms with E-state index in [4.69, 9.17) is 0 Å². The molecule has 0 fully saturated rings. The molecule has 0 saturated carbocycles. The Morgan fingerprint density at radius 3 is 1.16 bits per heavy atom. The van der Waals surface area contributed by atoms with Crippen LogP contribution in [0.4, 0.5) is 0 Å². The molecule has 1 aliphatic carbocycles. The minimum Gasteiger partial charge on any atom is -0.208 e. The molecule has 0 N–H and O–H groups in total. The van der Waals surface area contributed by atoms with Crippen molar-refractivity contribution in [3.8, 4) is 0 Å². The summed E-state index contributed by atoms with van der Waals surface area (Å²) in [5, 5.41) is 0. The number of hydrogen-bond acceptors (Lipinski definition) is 0. The van der Waals surface area contributed by atoms with Gasteiger partial charge in [-0.15, -0.1) is 0 Å². The largest absolute Gasteiger partial charge is 0.208 e. The third kappa shape index (κ3) is 3.73. The van der Waals surface area contributed by atoms with Crippen molar-refractivity contribution in [2.45, 2.75) is 6.42 Å². The van der Waals surface area contributed by atoms with E-state index in [2.05, 4.69) is 133 Å². The first kappa shape index (κ1) is 19.2. The van der Waals surface area contributed by atoms with Gasteiger partial charge in [0.1, 0.15) is 14.1 Å². The Labute approximate surface area is 184 Å². The first-order valence-corrected chi connectivity index (χ1v) is 10.7. The van der Waals surface area contributed by atoms with Crippen molar-refractivity contribution >= 4 is 22.3 Å². The molecule has 2 aromatic carbocycles. The van der Waals surface area contributed by atoms with Crippen molar-refractivity contribution < 1.29 is 9.13 Å². The average Bonchev–Trinajstić information content (AvgIpc) is 3.22. The van der Waals surface area contributed by atoms with E-state index in [0.717, 1.165) is 6.42 Å². The minimum absolute atomic E-state index is 0.913. The molecule has 0 bridgehead atoms. The Hall–Kier alpha value is -3.78.